The zero-order chi connectivity index (χ0) is 23.0. The summed E-state index contributed by atoms with van der Waals surface area (Å²) < 4.78 is 6.29. The van der Waals surface area contributed by atoms with Gasteiger partial charge in [-0.15, -0.1) is 0 Å². The van der Waals surface area contributed by atoms with Crippen molar-refractivity contribution < 1.29 is 9.53 Å². The van der Waals surface area contributed by atoms with E-state index in [1.165, 1.54) is 11.1 Å². The predicted octanol–water partition coefficient (Wildman–Crippen LogP) is 6.81. The fourth-order valence-electron chi connectivity index (χ4n) is 2.96. The molecule has 0 radical (unpaired) electrons. The van der Waals surface area contributed by atoms with Crippen molar-refractivity contribution in [2.75, 3.05) is 6.61 Å². The van der Waals surface area contributed by atoms with E-state index in [0.717, 1.165) is 25.0 Å². The lowest BCUT2D eigenvalue weighted by Crippen LogP contribution is -2.41. The van der Waals surface area contributed by atoms with Crippen LogP contribution in [0, 0.1) is 0 Å². The van der Waals surface area contributed by atoms with Crippen LogP contribution in [-0.2, 0) is 4.43 Å². The van der Waals surface area contributed by atoms with Crippen molar-refractivity contribution >= 4 is 8.32 Å². The van der Waals surface area contributed by atoms with Crippen molar-refractivity contribution in [2.24, 2.45) is 0 Å². The van der Waals surface area contributed by atoms with Gasteiger partial charge in [-0.05, 0) is 82.9 Å². The van der Waals surface area contributed by atoms with Gasteiger partial charge in [0.1, 0.15) is 0 Å². The minimum atomic E-state index is -1.68. The van der Waals surface area contributed by atoms with Gasteiger partial charge in [-0.2, -0.15) is 0 Å². The highest BCUT2D eigenvalue weighted by Gasteiger charge is 2.36. The zero-order valence-electron chi connectivity index (χ0n) is 20.8. The minimum absolute atomic E-state index is 0.229. The largest absolute Gasteiger partial charge is 0.413 e. The molecule has 0 fully saturated rings. The van der Waals surface area contributed by atoms with Gasteiger partial charge in [-0.1, -0.05) is 62.3 Å². The third-order valence-electron chi connectivity index (χ3n) is 6.29. The van der Waals surface area contributed by atoms with Gasteiger partial charge in [0.25, 0.3) is 0 Å². The first-order valence-electron chi connectivity index (χ1n) is 11.2. The van der Waals surface area contributed by atoms with Gasteiger partial charge in [-0.3, -0.25) is 0 Å². The Hall–Kier alpha value is -1.36. The fourth-order valence-corrected chi connectivity index (χ4v) is 3.98. The molecule has 170 valence electrons. The summed E-state index contributed by atoms with van der Waals surface area (Å²) in [6.07, 6.45) is 16.8. The average molecular weight is 432 g/mol. The Kier molecular flexibility index (Phi) is 10.1. The molecule has 1 aliphatic rings. The molecular formula is C26H45NO2Si. The standard InChI is InChI=1S/C26H45NO2Si/c1-21(13-12-14-22(2)20-29-30(8,9)25(4,5)6)15-16-24(28)23(3)19-26(7)17-10-11-18-27-26/h10-11,14-15,17-19,24,27-28H,12-13,16,20H2,1-9H3/b21-15-,22-14+,23-19+/t24-,26?/m0/s1. The van der Waals surface area contributed by atoms with Crippen LogP contribution >= 0.6 is 0 Å². The summed E-state index contributed by atoms with van der Waals surface area (Å²) in [6, 6.07) is 0. The Balaban J connectivity index is 2.47. The van der Waals surface area contributed by atoms with Crippen molar-refractivity contribution in [3.63, 3.8) is 0 Å². The topological polar surface area (TPSA) is 41.5 Å². The summed E-state index contributed by atoms with van der Waals surface area (Å²) in [4.78, 5) is 0. The molecule has 0 saturated carbocycles. The van der Waals surface area contributed by atoms with E-state index in [-0.39, 0.29) is 10.6 Å². The maximum Gasteiger partial charge on any atom is 0.192 e. The van der Waals surface area contributed by atoms with Crippen LogP contribution < -0.4 is 5.32 Å². The van der Waals surface area contributed by atoms with E-state index in [0.29, 0.717) is 6.42 Å². The lowest BCUT2D eigenvalue weighted by Gasteiger charge is -2.36. The molecule has 1 aliphatic heterocycles. The van der Waals surface area contributed by atoms with Crippen molar-refractivity contribution in [2.45, 2.75) is 97.5 Å². The number of rotatable bonds is 10. The molecule has 0 aromatic carbocycles. The normalized spacial score (nSPS) is 22.3. The van der Waals surface area contributed by atoms with Crippen LogP contribution in [0.4, 0.5) is 0 Å². The second-order valence-electron chi connectivity index (χ2n) is 10.5. The second kappa shape index (κ2) is 11.3. The van der Waals surface area contributed by atoms with Gasteiger partial charge in [0.05, 0.1) is 18.2 Å². The smallest absolute Gasteiger partial charge is 0.192 e. The fraction of sp³-hybridized carbons (Fsp3) is 0.615. The highest BCUT2D eigenvalue weighted by Crippen LogP contribution is 2.36. The summed E-state index contributed by atoms with van der Waals surface area (Å²) >= 11 is 0. The van der Waals surface area contributed by atoms with Crippen LogP contribution in [0.3, 0.4) is 0 Å². The van der Waals surface area contributed by atoms with Crippen LogP contribution in [0.15, 0.2) is 59.4 Å². The molecule has 0 spiro atoms. The first-order chi connectivity index (χ1) is 13.8. The molecule has 1 heterocycles. The summed E-state index contributed by atoms with van der Waals surface area (Å²) in [7, 11) is -1.68. The predicted molar refractivity (Wildman–Crippen MR) is 134 cm³/mol. The quantitative estimate of drug-likeness (QED) is 0.295. The average Bonchev–Trinajstić information content (AvgIpc) is 2.63. The lowest BCUT2D eigenvalue weighted by atomic mass is 9.94. The Morgan fingerprint density at radius 2 is 1.80 bits per heavy atom. The summed E-state index contributed by atoms with van der Waals surface area (Å²) in [5, 5.41) is 14.1. The number of nitrogens with one attached hydrogen (secondary N) is 1. The number of allylic oxidation sites excluding steroid dienone is 4. The highest BCUT2D eigenvalue weighted by atomic mass is 28.4. The monoisotopic (exact) mass is 431 g/mol. The molecule has 2 atom stereocenters. The van der Waals surface area contributed by atoms with Gasteiger partial charge in [0.15, 0.2) is 8.32 Å². The first-order valence-corrected chi connectivity index (χ1v) is 14.1. The zero-order valence-corrected chi connectivity index (χ0v) is 21.8. The molecule has 0 aromatic heterocycles. The number of aliphatic hydroxyl groups is 1. The number of hydrogen-bond acceptors (Lipinski definition) is 3. The third-order valence-corrected chi connectivity index (χ3v) is 10.8. The summed E-state index contributed by atoms with van der Waals surface area (Å²) in [5.74, 6) is 0. The van der Waals surface area contributed by atoms with E-state index in [9.17, 15) is 5.11 Å². The molecule has 30 heavy (non-hydrogen) atoms. The Labute approximate surface area is 186 Å². The third kappa shape index (κ3) is 9.19. The molecular weight excluding hydrogens is 386 g/mol. The SMILES string of the molecule is C/C(=C/C[C@H](O)/C(C)=C/C1(C)C=CC=CN1)CC/C=C(\C)CO[Si](C)(C)C(C)(C)C. The van der Waals surface area contributed by atoms with E-state index < -0.39 is 14.4 Å². The Morgan fingerprint density at radius 1 is 1.13 bits per heavy atom. The maximum absolute atomic E-state index is 10.5. The molecule has 2 N–H and O–H groups in total. The first kappa shape index (κ1) is 26.7. The van der Waals surface area contributed by atoms with E-state index >= 15 is 0 Å². The van der Waals surface area contributed by atoms with Crippen molar-refractivity contribution in [3.8, 4) is 0 Å². The molecule has 4 heteroatoms. The van der Waals surface area contributed by atoms with E-state index in [1.54, 1.807) is 0 Å². The number of aliphatic hydroxyl groups excluding tert-OH is 1. The number of hydrogen-bond donors (Lipinski definition) is 2. The minimum Gasteiger partial charge on any atom is -0.413 e. The number of dihydropyridines is 1. The molecule has 0 saturated heterocycles. The molecule has 0 amide bonds. The van der Waals surface area contributed by atoms with Crippen LogP contribution in [0.5, 0.6) is 0 Å². The lowest BCUT2D eigenvalue weighted by molar-refractivity contribution is 0.213. The van der Waals surface area contributed by atoms with Crippen LogP contribution in [0.2, 0.25) is 18.1 Å². The van der Waals surface area contributed by atoms with Crippen LogP contribution in [0.1, 0.15) is 67.7 Å². The summed E-state index contributed by atoms with van der Waals surface area (Å²) in [6.45, 7) is 20.6. The van der Waals surface area contributed by atoms with Crippen LogP contribution in [-0.4, -0.2) is 31.7 Å². The van der Waals surface area contributed by atoms with Gasteiger partial charge in [0.2, 0.25) is 0 Å². The van der Waals surface area contributed by atoms with Crippen molar-refractivity contribution in [3.05, 3.63) is 59.4 Å². The molecule has 3 nitrogen and oxygen atoms in total. The summed E-state index contributed by atoms with van der Waals surface area (Å²) in [5.41, 5.74) is 3.39. The Morgan fingerprint density at radius 3 is 2.37 bits per heavy atom. The van der Waals surface area contributed by atoms with Gasteiger partial charge < -0.3 is 14.8 Å². The van der Waals surface area contributed by atoms with Crippen molar-refractivity contribution in [1.29, 1.82) is 0 Å². The molecule has 0 aromatic rings. The molecule has 1 rings (SSSR count). The molecule has 0 aliphatic carbocycles. The maximum atomic E-state index is 10.5. The highest BCUT2D eigenvalue weighted by molar-refractivity contribution is 6.74. The van der Waals surface area contributed by atoms with Gasteiger partial charge in [-0.25, -0.2) is 0 Å². The van der Waals surface area contributed by atoms with Gasteiger partial charge >= 0.3 is 0 Å². The molecule has 0 bridgehead atoms. The Bertz CT molecular complexity index is 707. The second-order valence-corrected chi connectivity index (χ2v) is 15.3. The molecule has 1 unspecified atom stereocenters. The van der Waals surface area contributed by atoms with Crippen LogP contribution in [0.25, 0.3) is 0 Å². The van der Waals surface area contributed by atoms with E-state index in [1.807, 2.05) is 25.3 Å². The van der Waals surface area contributed by atoms with Crippen molar-refractivity contribution in [1.82, 2.24) is 5.32 Å². The van der Waals surface area contributed by atoms with E-state index in [4.69, 9.17) is 4.43 Å². The van der Waals surface area contributed by atoms with Gasteiger partial charge in [0, 0.05) is 0 Å². The van der Waals surface area contributed by atoms with E-state index in [2.05, 4.69) is 84.3 Å².